The summed E-state index contributed by atoms with van der Waals surface area (Å²) < 4.78 is 21.5. The number of benzene rings is 2. The molecule has 0 bridgehead atoms. The van der Waals surface area contributed by atoms with Crippen molar-refractivity contribution in [3.8, 4) is 28.7 Å². The first-order valence-corrected chi connectivity index (χ1v) is 10.6. The van der Waals surface area contributed by atoms with Crippen LogP contribution in [0.1, 0.15) is 33.8 Å². The van der Waals surface area contributed by atoms with Crippen LogP contribution in [0.5, 0.6) is 28.7 Å². The third-order valence-corrected chi connectivity index (χ3v) is 6.19. The average molecular weight is 458 g/mol. The lowest BCUT2D eigenvalue weighted by Gasteiger charge is -2.26. The van der Waals surface area contributed by atoms with Gasteiger partial charge in [0.25, 0.3) is 0 Å². The summed E-state index contributed by atoms with van der Waals surface area (Å²) in [6.45, 7) is 0.682. The van der Waals surface area contributed by atoms with Gasteiger partial charge in [-0.15, -0.1) is 0 Å². The zero-order chi connectivity index (χ0) is 24.1. The number of aromatic hydroxyl groups is 1. The molecule has 1 heterocycles. The third kappa shape index (κ3) is 4.77. The lowest BCUT2D eigenvalue weighted by atomic mass is 9.87. The van der Waals surface area contributed by atoms with Gasteiger partial charge in [0.15, 0.2) is 5.78 Å². The molecule has 2 atom stereocenters. The molecule has 3 rings (SSSR count). The van der Waals surface area contributed by atoms with Gasteiger partial charge in [-0.2, -0.15) is 0 Å². The fraction of sp³-hybridized carbons (Fsp3) is 0.400. The van der Waals surface area contributed by atoms with Gasteiger partial charge in [0.05, 0.1) is 35.0 Å². The van der Waals surface area contributed by atoms with Crippen LogP contribution < -0.4 is 18.9 Å². The highest BCUT2D eigenvalue weighted by molar-refractivity contribution is 6.11. The van der Waals surface area contributed by atoms with E-state index >= 15 is 0 Å². The smallest absolute Gasteiger partial charge is 0.193 e. The van der Waals surface area contributed by atoms with E-state index in [-0.39, 0.29) is 35.6 Å². The molecule has 1 saturated heterocycles. The van der Waals surface area contributed by atoms with Gasteiger partial charge in [0.1, 0.15) is 34.3 Å². The van der Waals surface area contributed by atoms with E-state index in [1.807, 2.05) is 11.9 Å². The van der Waals surface area contributed by atoms with E-state index in [0.29, 0.717) is 34.8 Å². The van der Waals surface area contributed by atoms with Crippen LogP contribution >= 0.6 is 0 Å². The van der Waals surface area contributed by atoms with Crippen LogP contribution in [0.2, 0.25) is 0 Å². The molecule has 8 heteroatoms. The summed E-state index contributed by atoms with van der Waals surface area (Å²) in [5.41, 5.74) is 1.22. The summed E-state index contributed by atoms with van der Waals surface area (Å²) in [5.74, 6) is 0.980. The molecule has 0 spiro atoms. The number of nitrogens with zero attached hydrogens (tertiary/aromatic N) is 1. The quantitative estimate of drug-likeness (QED) is 0.438. The first-order valence-electron chi connectivity index (χ1n) is 10.6. The van der Waals surface area contributed by atoms with Crippen molar-refractivity contribution in [1.82, 2.24) is 4.90 Å². The number of methoxy groups -OCH3 is 4. The Labute approximate surface area is 194 Å². The third-order valence-electron chi connectivity index (χ3n) is 6.19. The maximum atomic E-state index is 13.2. The second kappa shape index (κ2) is 10.6. The molecular formula is C25H31NO7. The monoisotopic (exact) mass is 457 g/mol. The van der Waals surface area contributed by atoms with Crippen molar-refractivity contribution >= 4 is 11.9 Å². The number of phenols is 1. The summed E-state index contributed by atoms with van der Waals surface area (Å²) >= 11 is 0. The van der Waals surface area contributed by atoms with Crippen molar-refractivity contribution in [3.63, 3.8) is 0 Å². The highest BCUT2D eigenvalue weighted by Gasteiger charge is 2.37. The molecule has 1 fully saturated rings. The van der Waals surface area contributed by atoms with E-state index in [1.54, 1.807) is 37.5 Å². The van der Waals surface area contributed by atoms with Crippen molar-refractivity contribution in [1.29, 1.82) is 0 Å². The van der Waals surface area contributed by atoms with Gasteiger partial charge in [0, 0.05) is 35.2 Å². The fourth-order valence-corrected chi connectivity index (χ4v) is 4.38. The minimum absolute atomic E-state index is 0.0447. The highest BCUT2D eigenvalue weighted by atomic mass is 16.5. The number of hydrogen-bond acceptors (Lipinski definition) is 8. The summed E-state index contributed by atoms with van der Waals surface area (Å²) in [6.07, 6.45) is 3.69. The van der Waals surface area contributed by atoms with E-state index in [9.17, 15) is 15.0 Å². The molecule has 1 aliphatic rings. The number of phenolic OH excluding ortho intramolecular Hbond substituents is 1. The van der Waals surface area contributed by atoms with E-state index in [2.05, 4.69) is 0 Å². The summed E-state index contributed by atoms with van der Waals surface area (Å²) in [5, 5.41) is 21.2. The zero-order valence-electron chi connectivity index (χ0n) is 19.6. The second-order valence-electron chi connectivity index (χ2n) is 7.85. The van der Waals surface area contributed by atoms with E-state index in [1.165, 1.54) is 27.4 Å². The zero-order valence-corrected chi connectivity index (χ0v) is 19.6. The van der Waals surface area contributed by atoms with E-state index in [0.717, 1.165) is 6.54 Å². The van der Waals surface area contributed by atoms with Gasteiger partial charge in [-0.25, -0.2) is 0 Å². The van der Waals surface area contributed by atoms with Crippen LogP contribution in [-0.4, -0.2) is 75.6 Å². The van der Waals surface area contributed by atoms with Crippen molar-refractivity contribution in [3.05, 3.63) is 47.0 Å². The van der Waals surface area contributed by atoms with Crippen LogP contribution in [-0.2, 0) is 0 Å². The Morgan fingerprint density at radius 3 is 2.36 bits per heavy atom. The predicted molar refractivity (Wildman–Crippen MR) is 125 cm³/mol. The molecule has 8 nitrogen and oxygen atoms in total. The SMILES string of the molecule is COc1ccc(C=CC(=O)c2c(OC)cc(OC)c(C3CCN(C)C3CO)c2O)c(OC)c1. The first kappa shape index (κ1) is 24.4. The number of aliphatic hydroxyl groups is 1. The van der Waals surface area contributed by atoms with Gasteiger partial charge in [0.2, 0.25) is 0 Å². The fourth-order valence-electron chi connectivity index (χ4n) is 4.38. The summed E-state index contributed by atoms with van der Waals surface area (Å²) in [4.78, 5) is 15.3. The number of likely N-dealkylation sites (N-methyl/N-ethyl adjacent to an activating group) is 1. The minimum Gasteiger partial charge on any atom is -0.507 e. The minimum atomic E-state index is -0.432. The number of hydrogen-bond donors (Lipinski definition) is 2. The Balaban J connectivity index is 2.05. The predicted octanol–water partition coefficient (Wildman–Crippen LogP) is 3.10. The molecule has 0 radical (unpaired) electrons. The van der Waals surface area contributed by atoms with Crippen molar-refractivity contribution in [2.24, 2.45) is 0 Å². The normalized spacial score (nSPS) is 18.5. The number of rotatable bonds is 9. The summed E-state index contributed by atoms with van der Waals surface area (Å²) in [7, 11) is 7.95. The lowest BCUT2D eigenvalue weighted by molar-refractivity contribution is 0.104. The van der Waals surface area contributed by atoms with Gasteiger partial charge in [-0.1, -0.05) is 0 Å². The number of carbonyl (C=O) groups excluding carboxylic acids is 1. The van der Waals surface area contributed by atoms with Crippen molar-refractivity contribution < 1.29 is 34.0 Å². The molecule has 2 unspecified atom stereocenters. The van der Waals surface area contributed by atoms with Crippen LogP contribution in [0, 0.1) is 0 Å². The number of allylic oxidation sites excluding steroid dienone is 1. The van der Waals surface area contributed by atoms with Gasteiger partial charge in [-0.3, -0.25) is 4.79 Å². The Bertz CT molecular complexity index is 1030. The molecule has 178 valence electrons. The summed E-state index contributed by atoms with van der Waals surface area (Å²) in [6, 6.07) is 6.68. The van der Waals surface area contributed by atoms with E-state index in [4.69, 9.17) is 18.9 Å². The van der Waals surface area contributed by atoms with Crippen LogP contribution in [0.4, 0.5) is 0 Å². The molecule has 1 aliphatic heterocycles. The number of ether oxygens (including phenoxy) is 4. The lowest BCUT2D eigenvalue weighted by Crippen LogP contribution is -2.32. The largest absolute Gasteiger partial charge is 0.507 e. The topological polar surface area (TPSA) is 97.7 Å². The van der Waals surface area contributed by atoms with Gasteiger partial charge >= 0.3 is 0 Å². The van der Waals surface area contributed by atoms with Gasteiger partial charge < -0.3 is 34.1 Å². The number of likely N-dealkylation sites (tertiary alicyclic amines) is 1. The maximum absolute atomic E-state index is 13.2. The molecular weight excluding hydrogens is 426 g/mol. The number of ketones is 1. The Morgan fingerprint density at radius 2 is 1.76 bits per heavy atom. The molecule has 2 aromatic rings. The van der Waals surface area contributed by atoms with Crippen LogP contribution in [0.15, 0.2) is 30.3 Å². The molecule has 0 aliphatic carbocycles. The number of aliphatic hydroxyl groups excluding tert-OH is 1. The Morgan fingerprint density at radius 1 is 1.06 bits per heavy atom. The molecule has 2 N–H and O–H groups in total. The van der Waals surface area contributed by atoms with Crippen LogP contribution in [0.25, 0.3) is 6.08 Å². The molecule has 2 aromatic carbocycles. The molecule has 0 amide bonds. The molecule has 0 saturated carbocycles. The number of carbonyl (C=O) groups is 1. The average Bonchev–Trinajstić information content (AvgIpc) is 3.21. The Hall–Kier alpha value is -3.23. The van der Waals surface area contributed by atoms with Crippen molar-refractivity contribution in [2.45, 2.75) is 18.4 Å². The molecule has 33 heavy (non-hydrogen) atoms. The standard InChI is InChI=1S/C25H31NO7/c1-26-11-10-17(18(26)14-27)23-21(32-4)13-22(33-5)24(25(23)29)19(28)9-7-15-6-8-16(30-2)12-20(15)31-3/h6-9,12-13,17-18,27,29H,10-11,14H2,1-5H3. The first-order chi connectivity index (χ1) is 15.9. The maximum Gasteiger partial charge on any atom is 0.193 e. The Kier molecular flexibility index (Phi) is 7.84. The second-order valence-corrected chi connectivity index (χ2v) is 7.85. The highest BCUT2D eigenvalue weighted by Crippen LogP contribution is 2.47. The van der Waals surface area contributed by atoms with Crippen molar-refractivity contribution in [2.75, 3.05) is 48.6 Å². The van der Waals surface area contributed by atoms with E-state index < -0.39 is 5.78 Å². The van der Waals surface area contributed by atoms with Gasteiger partial charge in [-0.05, 0) is 44.3 Å². The molecule has 0 aromatic heterocycles. The van der Waals surface area contributed by atoms with Crippen LogP contribution in [0.3, 0.4) is 0 Å².